The number of carbonyl (C=O) groups excluding carboxylic acids is 2. The molecular weight excluding hydrogens is 470 g/mol. The third-order valence-electron chi connectivity index (χ3n) is 5.40. The van der Waals surface area contributed by atoms with Crippen molar-refractivity contribution in [2.24, 2.45) is 10.7 Å². The summed E-state index contributed by atoms with van der Waals surface area (Å²) in [5, 5.41) is 0. The normalized spacial score (nSPS) is 15.3. The average molecular weight is 494 g/mol. The number of esters is 1. The first-order valence-electron chi connectivity index (χ1n) is 10.6. The maximum atomic E-state index is 13.6. The summed E-state index contributed by atoms with van der Waals surface area (Å²) >= 11 is 1.22. The molecule has 0 bridgehead atoms. The fourth-order valence-electron chi connectivity index (χ4n) is 3.84. The van der Waals surface area contributed by atoms with Gasteiger partial charge in [-0.05, 0) is 36.3 Å². The Morgan fingerprint density at radius 3 is 2.54 bits per heavy atom. The molecule has 180 valence electrons. The van der Waals surface area contributed by atoms with E-state index in [2.05, 4.69) is 4.99 Å². The van der Waals surface area contributed by atoms with Crippen molar-refractivity contribution < 1.29 is 23.8 Å². The van der Waals surface area contributed by atoms with Gasteiger partial charge in [0.25, 0.3) is 11.5 Å². The van der Waals surface area contributed by atoms with E-state index in [-0.39, 0.29) is 12.2 Å². The molecule has 2 N–H and O–H groups in total. The topological polar surface area (TPSA) is 122 Å². The third kappa shape index (κ3) is 4.73. The summed E-state index contributed by atoms with van der Waals surface area (Å²) in [5.74, 6) is -0.399. The number of nitrogens with two attached hydrogens (primary N) is 1. The van der Waals surface area contributed by atoms with Gasteiger partial charge < -0.3 is 19.9 Å². The highest BCUT2D eigenvalue weighted by atomic mass is 32.1. The van der Waals surface area contributed by atoms with E-state index in [1.807, 2.05) is 30.3 Å². The maximum Gasteiger partial charge on any atom is 0.338 e. The van der Waals surface area contributed by atoms with Crippen LogP contribution in [-0.2, 0) is 14.3 Å². The third-order valence-corrected chi connectivity index (χ3v) is 6.38. The molecule has 0 fully saturated rings. The predicted molar refractivity (Wildman–Crippen MR) is 130 cm³/mol. The van der Waals surface area contributed by atoms with E-state index < -0.39 is 17.9 Å². The van der Waals surface area contributed by atoms with Crippen molar-refractivity contribution in [3.8, 4) is 11.5 Å². The lowest BCUT2D eigenvalue weighted by molar-refractivity contribution is -0.136. The fourth-order valence-corrected chi connectivity index (χ4v) is 4.88. The molecule has 1 aromatic heterocycles. The van der Waals surface area contributed by atoms with E-state index in [0.717, 1.165) is 5.56 Å². The van der Waals surface area contributed by atoms with Gasteiger partial charge in [-0.1, -0.05) is 47.7 Å². The zero-order chi connectivity index (χ0) is 25.1. The zero-order valence-electron chi connectivity index (χ0n) is 19.3. The molecule has 3 aromatic rings. The van der Waals surface area contributed by atoms with Crippen molar-refractivity contribution in [2.45, 2.75) is 13.0 Å². The van der Waals surface area contributed by atoms with Gasteiger partial charge in [-0.3, -0.25) is 14.2 Å². The Labute approximate surface area is 204 Å². The van der Waals surface area contributed by atoms with E-state index in [4.69, 9.17) is 19.9 Å². The molecule has 2 heterocycles. The second-order valence-corrected chi connectivity index (χ2v) is 8.66. The molecule has 1 unspecified atom stereocenters. The van der Waals surface area contributed by atoms with Crippen LogP contribution >= 0.6 is 11.3 Å². The molecule has 0 aliphatic carbocycles. The molecule has 1 amide bonds. The monoisotopic (exact) mass is 493 g/mol. The standard InChI is InChI=1S/C25H23N3O6S/c1-14-21(24(31)33-3)22(16-7-5-4-6-8-16)28-23(30)19(35-25(28)27-14)12-15-9-10-17(18(11-15)32-2)34-13-20(26)29/h4-12,22H,13H2,1-3H3,(H2,26,29)/b19-12-. The van der Waals surface area contributed by atoms with Crippen LogP contribution in [0.2, 0.25) is 0 Å². The number of fused-ring (bicyclic) bond motifs is 1. The van der Waals surface area contributed by atoms with Crippen LogP contribution in [0, 0.1) is 0 Å². The molecule has 0 saturated heterocycles. The van der Waals surface area contributed by atoms with Crippen molar-refractivity contribution in [1.82, 2.24) is 4.57 Å². The summed E-state index contributed by atoms with van der Waals surface area (Å²) in [5.41, 5.74) is 7.12. The van der Waals surface area contributed by atoms with Crippen molar-refractivity contribution in [3.63, 3.8) is 0 Å². The van der Waals surface area contributed by atoms with Crippen LogP contribution in [0.15, 0.2) is 69.6 Å². The molecule has 1 aliphatic heterocycles. The van der Waals surface area contributed by atoms with Gasteiger partial charge in [0.05, 0.1) is 36.1 Å². The van der Waals surface area contributed by atoms with Crippen molar-refractivity contribution >= 4 is 29.3 Å². The maximum absolute atomic E-state index is 13.6. The summed E-state index contributed by atoms with van der Waals surface area (Å²) in [6.45, 7) is 1.45. The summed E-state index contributed by atoms with van der Waals surface area (Å²) in [4.78, 5) is 42.3. The van der Waals surface area contributed by atoms with Crippen molar-refractivity contribution in [3.05, 3.63) is 90.6 Å². The largest absolute Gasteiger partial charge is 0.493 e. The number of nitrogens with zero attached hydrogens (tertiary/aromatic N) is 2. The highest BCUT2D eigenvalue weighted by molar-refractivity contribution is 7.07. The number of rotatable bonds is 7. The number of methoxy groups -OCH3 is 2. The number of hydrogen-bond donors (Lipinski definition) is 1. The number of allylic oxidation sites excluding steroid dienone is 1. The predicted octanol–water partition coefficient (Wildman–Crippen LogP) is 1.28. The first-order chi connectivity index (χ1) is 16.8. The molecule has 9 nitrogen and oxygen atoms in total. The van der Waals surface area contributed by atoms with E-state index in [0.29, 0.717) is 37.7 Å². The van der Waals surface area contributed by atoms with Gasteiger partial charge in [-0.25, -0.2) is 9.79 Å². The van der Waals surface area contributed by atoms with Gasteiger partial charge in [-0.15, -0.1) is 0 Å². The van der Waals surface area contributed by atoms with Gasteiger partial charge in [0.1, 0.15) is 0 Å². The van der Waals surface area contributed by atoms with Gasteiger partial charge >= 0.3 is 5.97 Å². The number of carbonyl (C=O) groups is 2. The highest BCUT2D eigenvalue weighted by Crippen LogP contribution is 2.31. The van der Waals surface area contributed by atoms with Gasteiger partial charge in [0, 0.05) is 0 Å². The quantitative estimate of drug-likeness (QED) is 0.495. The Bertz CT molecular complexity index is 1500. The molecule has 2 aromatic carbocycles. The minimum Gasteiger partial charge on any atom is -0.493 e. The minimum atomic E-state index is -0.666. The lowest BCUT2D eigenvalue weighted by atomic mass is 9.96. The van der Waals surface area contributed by atoms with Gasteiger partial charge in [-0.2, -0.15) is 0 Å². The van der Waals surface area contributed by atoms with Crippen LogP contribution in [0.3, 0.4) is 0 Å². The number of aromatic nitrogens is 1. The molecule has 0 radical (unpaired) electrons. The highest BCUT2D eigenvalue weighted by Gasteiger charge is 2.32. The number of primary amides is 1. The number of ether oxygens (including phenoxy) is 3. The molecule has 1 aliphatic rings. The van der Waals surface area contributed by atoms with Crippen LogP contribution in [0.5, 0.6) is 11.5 Å². The Morgan fingerprint density at radius 1 is 1.14 bits per heavy atom. The average Bonchev–Trinajstić information content (AvgIpc) is 3.16. The van der Waals surface area contributed by atoms with Crippen molar-refractivity contribution in [2.75, 3.05) is 20.8 Å². The summed E-state index contributed by atoms with van der Waals surface area (Å²) in [6, 6.07) is 13.7. The second kappa shape index (κ2) is 9.98. The molecule has 35 heavy (non-hydrogen) atoms. The molecule has 1 atom stereocenters. The Balaban J connectivity index is 1.84. The Hall–Kier alpha value is -4.18. The van der Waals surface area contributed by atoms with Crippen LogP contribution < -0.4 is 30.1 Å². The summed E-state index contributed by atoms with van der Waals surface area (Å²) < 4.78 is 17.7. The fraction of sp³-hybridized carbons (Fsp3) is 0.200. The number of hydrogen-bond acceptors (Lipinski definition) is 8. The van der Waals surface area contributed by atoms with Crippen LogP contribution in [0.1, 0.15) is 24.1 Å². The Kier molecular flexibility index (Phi) is 6.83. The number of amides is 1. The summed E-state index contributed by atoms with van der Waals surface area (Å²) in [6.07, 6.45) is 1.71. The van der Waals surface area contributed by atoms with Crippen LogP contribution in [0.25, 0.3) is 6.08 Å². The number of benzene rings is 2. The van der Waals surface area contributed by atoms with E-state index in [9.17, 15) is 14.4 Å². The smallest absolute Gasteiger partial charge is 0.338 e. The number of thiazole rings is 1. The minimum absolute atomic E-state index is 0.282. The van der Waals surface area contributed by atoms with Crippen LogP contribution in [0.4, 0.5) is 0 Å². The first kappa shape index (κ1) is 24.0. The van der Waals surface area contributed by atoms with E-state index >= 15 is 0 Å². The lowest BCUT2D eigenvalue weighted by Gasteiger charge is -2.24. The Morgan fingerprint density at radius 2 is 1.89 bits per heavy atom. The van der Waals surface area contributed by atoms with Crippen molar-refractivity contribution in [1.29, 1.82) is 0 Å². The second-order valence-electron chi connectivity index (χ2n) is 7.65. The molecule has 0 saturated carbocycles. The van der Waals surface area contributed by atoms with Crippen LogP contribution in [-0.4, -0.2) is 37.3 Å². The zero-order valence-corrected chi connectivity index (χ0v) is 20.1. The lowest BCUT2D eigenvalue weighted by Crippen LogP contribution is -2.39. The van der Waals surface area contributed by atoms with E-state index in [1.165, 1.54) is 30.1 Å². The van der Waals surface area contributed by atoms with E-state index in [1.54, 1.807) is 31.2 Å². The van der Waals surface area contributed by atoms with Gasteiger partial charge in [0.2, 0.25) is 0 Å². The summed E-state index contributed by atoms with van der Waals surface area (Å²) in [7, 11) is 2.78. The SMILES string of the molecule is COC(=O)C1=C(C)N=c2s/c(=C\c3ccc(OCC(N)=O)c(OC)c3)c(=O)n2C1c1ccccc1. The molecule has 4 rings (SSSR count). The first-order valence-corrected chi connectivity index (χ1v) is 11.4. The molecule has 10 heteroatoms. The molecular formula is C25H23N3O6S. The van der Waals surface area contributed by atoms with Gasteiger partial charge in [0.15, 0.2) is 22.9 Å². The molecule has 0 spiro atoms.